The van der Waals surface area contributed by atoms with E-state index in [0.29, 0.717) is 31.5 Å². The molecular formula is C14H16N4O3S. The van der Waals surface area contributed by atoms with E-state index in [2.05, 4.69) is 24.0 Å². The van der Waals surface area contributed by atoms with Gasteiger partial charge in [0.15, 0.2) is 0 Å². The maximum absolute atomic E-state index is 12.1. The van der Waals surface area contributed by atoms with Gasteiger partial charge in [0.1, 0.15) is 5.92 Å². The fraction of sp³-hybridized carbons (Fsp3) is 0.571. The molecule has 0 unspecified atom stereocenters. The van der Waals surface area contributed by atoms with Gasteiger partial charge in [-0.3, -0.25) is 4.79 Å². The second-order valence-electron chi connectivity index (χ2n) is 5.23. The van der Waals surface area contributed by atoms with Gasteiger partial charge >= 0.3 is 6.09 Å². The van der Waals surface area contributed by atoms with Crippen LogP contribution in [0, 0.1) is 34.0 Å². The van der Waals surface area contributed by atoms with E-state index in [9.17, 15) is 20.1 Å². The van der Waals surface area contributed by atoms with E-state index >= 15 is 0 Å². The van der Waals surface area contributed by atoms with Crippen molar-refractivity contribution in [1.82, 2.24) is 10.2 Å². The van der Waals surface area contributed by atoms with Gasteiger partial charge in [0, 0.05) is 18.5 Å². The number of likely N-dealkylation sites (tertiary alicyclic amines) is 1. The molecule has 0 aromatic carbocycles. The lowest BCUT2D eigenvalue weighted by molar-refractivity contribution is -0.127. The molecule has 1 fully saturated rings. The molecular weight excluding hydrogens is 304 g/mol. The highest BCUT2D eigenvalue weighted by atomic mass is 32.1. The highest BCUT2D eigenvalue weighted by molar-refractivity contribution is 7.84. The minimum atomic E-state index is -0.956. The average Bonchev–Trinajstić information content (AvgIpc) is 2.48. The van der Waals surface area contributed by atoms with E-state index in [1.165, 1.54) is 4.90 Å². The van der Waals surface area contributed by atoms with E-state index in [1.807, 2.05) is 6.07 Å². The Kier molecular flexibility index (Phi) is 4.62. The first-order valence-corrected chi connectivity index (χ1v) is 7.41. The van der Waals surface area contributed by atoms with Crippen molar-refractivity contribution in [2.24, 2.45) is 11.3 Å². The van der Waals surface area contributed by atoms with Crippen molar-refractivity contribution >= 4 is 24.6 Å². The Balaban J connectivity index is 2.30. The van der Waals surface area contributed by atoms with Crippen LogP contribution in [-0.2, 0) is 9.53 Å². The first kappa shape index (κ1) is 16.2. The topological polar surface area (TPSA) is 106 Å². The lowest BCUT2D eigenvalue weighted by atomic mass is 9.63. The number of piperidine rings is 1. The van der Waals surface area contributed by atoms with Crippen LogP contribution in [-0.4, -0.2) is 36.6 Å². The number of rotatable bonds is 1. The van der Waals surface area contributed by atoms with Gasteiger partial charge in [0.2, 0.25) is 5.91 Å². The molecule has 0 bridgehead atoms. The summed E-state index contributed by atoms with van der Waals surface area (Å²) >= 11 is 4.17. The zero-order valence-electron chi connectivity index (χ0n) is 12.1. The number of ether oxygens (including phenoxy) is 1. The van der Waals surface area contributed by atoms with Crippen LogP contribution in [0.3, 0.4) is 0 Å². The largest absolute Gasteiger partial charge is 0.450 e. The van der Waals surface area contributed by atoms with Crippen molar-refractivity contribution in [3.8, 4) is 12.1 Å². The van der Waals surface area contributed by atoms with E-state index in [4.69, 9.17) is 4.74 Å². The van der Waals surface area contributed by atoms with Gasteiger partial charge in [-0.05, 0) is 19.8 Å². The Labute approximate surface area is 133 Å². The number of nitrogens with zero attached hydrogens (tertiary/aromatic N) is 3. The van der Waals surface area contributed by atoms with Gasteiger partial charge in [-0.25, -0.2) is 4.79 Å². The number of nitrogens with one attached hydrogen (secondary N) is 1. The lowest BCUT2D eigenvalue weighted by Crippen LogP contribution is -2.53. The molecule has 2 aliphatic heterocycles. The summed E-state index contributed by atoms with van der Waals surface area (Å²) in [5, 5.41) is 21.4. The van der Waals surface area contributed by atoms with Gasteiger partial charge in [0.05, 0.1) is 29.3 Å². The van der Waals surface area contributed by atoms with Crippen molar-refractivity contribution in [3.63, 3.8) is 0 Å². The van der Waals surface area contributed by atoms with Gasteiger partial charge in [-0.1, -0.05) is 0 Å². The number of nitriles is 2. The standard InChI is InChI=1S/C14H16N4O3S/c1-2-21-13(20)18-5-3-14(4-6-18)9(7-15)11(19)17-12(22)10(14)8-16/h9,22H,2-6H2,1H3,(H,17,19)/t9-/m1/s1. The summed E-state index contributed by atoms with van der Waals surface area (Å²) in [6.45, 7) is 2.67. The summed E-state index contributed by atoms with van der Waals surface area (Å²) in [4.78, 5) is 25.4. The minimum Gasteiger partial charge on any atom is -0.450 e. The summed E-state index contributed by atoms with van der Waals surface area (Å²) in [6, 6.07) is 4.07. The predicted molar refractivity (Wildman–Crippen MR) is 79.1 cm³/mol. The molecule has 22 heavy (non-hydrogen) atoms. The molecule has 7 nitrogen and oxygen atoms in total. The molecule has 1 saturated heterocycles. The third-order valence-electron chi connectivity index (χ3n) is 4.21. The summed E-state index contributed by atoms with van der Waals surface area (Å²) in [7, 11) is 0. The number of allylic oxidation sites excluding steroid dienone is 1. The number of carbonyl (C=O) groups excluding carboxylic acids is 2. The molecule has 0 aliphatic carbocycles. The molecule has 8 heteroatoms. The second-order valence-corrected chi connectivity index (χ2v) is 5.68. The average molecular weight is 320 g/mol. The second kappa shape index (κ2) is 6.29. The third kappa shape index (κ3) is 2.51. The van der Waals surface area contributed by atoms with Crippen molar-refractivity contribution in [1.29, 1.82) is 10.5 Å². The molecule has 2 aliphatic rings. The summed E-state index contributed by atoms with van der Waals surface area (Å²) < 4.78 is 4.96. The van der Waals surface area contributed by atoms with Crippen LogP contribution in [0.25, 0.3) is 0 Å². The number of thiol groups is 1. The number of hydrogen-bond acceptors (Lipinski definition) is 6. The maximum Gasteiger partial charge on any atom is 0.409 e. The van der Waals surface area contributed by atoms with Gasteiger partial charge < -0.3 is 15.0 Å². The lowest BCUT2D eigenvalue weighted by Gasteiger charge is -2.45. The van der Waals surface area contributed by atoms with Crippen molar-refractivity contribution in [3.05, 3.63) is 10.6 Å². The molecule has 0 aromatic rings. The highest BCUT2D eigenvalue weighted by Gasteiger charge is 2.52. The molecule has 1 atom stereocenters. The Morgan fingerprint density at radius 1 is 1.50 bits per heavy atom. The van der Waals surface area contributed by atoms with E-state index in [0.717, 1.165) is 0 Å². The molecule has 2 heterocycles. The molecule has 2 rings (SSSR count). The van der Waals surface area contributed by atoms with Crippen molar-refractivity contribution in [2.45, 2.75) is 19.8 Å². The Bertz CT molecular complexity index is 609. The first-order chi connectivity index (χ1) is 10.5. The smallest absolute Gasteiger partial charge is 0.409 e. The SMILES string of the molecule is CCOC(=O)N1CCC2(CC1)C(C#N)=C(S)NC(=O)[C@H]2C#N. The fourth-order valence-electron chi connectivity index (χ4n) is 3.07. The van der Waals surface area contributed by atoms with Crippen LogP contribution < -0.4 is 5.32 Å². The molecule has 116 valence electrons. The van der Waals surface area contributed by atoms with Gasteiger partial charge in [-0.15, -0.1) is 12.6 Å². The van der Waals surface area contributed by atoms with Crippen molar-refractivity contribution < 1.29 is 14.3 Å². The van der Waals surface area contributed by atoms with E-state index in [-0.39, 0.29) is 11.6 Å². The summed E-state index contributed by atoms with van der Waals surface area (Å²) in [5.74, 6) is -1.40. The molecule has 0 radical (unpaired) electrons. The minimum absolute atomic E-state index is 0.198. The molecule has 1 N–H and O–H groups in total. The zero-order chi connectivity index (χ0) is 16.3. The fourth-order valence-corrected chi connectivity index (χ4v) is 3.45. The maximum atomic E-state index is 12.1. The van der Waals surface area contributed by atoms with Crippen LogP contribution in [0.4, 0.5) is 4.79 Å². The monoisotopic (exact) mass is 320 g/mol. The number of hydrogen-bond donors (Lipinski definition) is 2. The normalized spacial score (nSPS) is 23.5. The Morgan fingerprint density at radius 2 is 2.14 bits per heavy atom. The number of amides is 2. The molecule has 0 saturated carbocycles. The van der Waals surface area contributed by atoms with Crippen LogP contribution in [0.1, 0.15) is 19.8 Å². The zero-order valence-corrected chi connectivity index (χ0v) is 13.0. The van der Waals surface area contributed by atoms with Crippen LogP contribution in [0.15, 0.2) is 10.6 Å². The predicted octanol–water partition coefficient (Wildman–Crippen LogP) is 1.16. The van der Waals surface area contributed by atoms with Crippen LogP contribution in [0.2, 0.25) is 0 Å². The van der Waals surface area contributed by atoms with Crippen LogP contribution >= 0.6 is 12.6 Å². The third-order valence-corrected chi connectivity index (χ3v) is 4.55. The van der Waals surface area contributed by atoms with Crippen molar-refractivity contribution in [2.75, 3.05) is 19.7 Å². The van der Waals surface area contributed by atoms with E-state index < -0.39 is 23.3 Å². The number of carbonyl (C=O) groups is 2. The van der Waals surface area contributed by atoms with Gasteiger partial charge in [0.25, 0.3) is 0 Å². The first-order valence-electron chi connectivity index (χ1n) is 6.96. The molecule has 1 spiro atoms. The summed E-state index contributed by atoms with van der Waals surface area (Å²) in [5.41, 5.74) is -0.572. The van der Waals surface area contributed by atoms with E-state index in [1.54, 1.807) is 6.92 Å². The molecule has 2 amide bonds. The summed E-state index contributed by atoms with van der Waals surface area (Å²) in [6.07, 6.45) is 0.286. The Morgan fingerprint density at radius 3 is 2.64 bits per heavy atom. The molecule has 0 aromatic heterocycles. The Hall–Kier alpha value is -2.19. The highest BCUT2D eigenvalue weighted by Crippen LogP contribution is 2.48. The van der Waals surface area contributed by atoms with Gasteiger partial charge in [-0.2, -0.15) is 10.5 Å². The quantitative estimate of drug-likeness (QED) is 0.705. The van der Waals surface area contributed by atoms with Crippen LogP contribution in [0.5, 0.6) is 0 Å².